The molecule has 5 heteroatoms. The number of ether oxygens (including phenoxy) is 1. The lowest BCUT2D eigenvalue weighted by Gasteiger charge is -2.14. The van der Waals surface area contributed by atoms with Gasteiger partial charge in [-0.1, -0.05) is 40.7 Å². The first kappa shape index (κ1) is 14.7. The molecule has 0 aliphatic carbocycles. The van der Waals surface area contributed by atoms with E-state index in [0.29, 0.717) is 5.56 Å². The van der Waals surface area contributed by atoms with E-state index in [1.165, 1.54) is 18.2 Å². The zero-order chi connectivity index (χ0) is 14.7. The van der Waals surface area contributed by atoms with Crippen LogP contribution in [0.4, 0.5) is 13.2 Å². The van der Waals surface area contributed by atoms with E-state index in [1.807, 2.05) is 0 Å². The predicted octanol–water partition coefficient (Wildman–Crippen LogP) is 5.25. The van der Waals surface area contributed by atoms with Crippen LogP contribution in [0.3, 0.4) is 0 Å². The fourth-order valence-electron chi connectivity index (χ4n) is 1.81. The SMILES string of the molecule is C=C(c1cccc(Br)c1)c1c(F)cccc1OC(F)F. The van der Waals surface area contributed by atoms with Crippen molar-refractivity contribution in [3.05, 3.63) is 70.5 Å². The van der Waals surface area contributed by atoms with Gasteiger partial charge in [-0.3, -0.25) is 0 Å². The number of hydrogen-bond acceptors (Lipinski definition) is 1. The lowest BCUT2D eigenvalue weighted by molar-refractivity contribution is -0.0501. The zero-order valence-corrected chi connectivity index (χ0v) is 11.8. The van der Waals surface area contributed by atoms with E-state index in [1.54, 1.807) is 24.3 Å². The summed E-state index contributed by atoms with van der Waals surface area (Å²) in [5.41, 5.74) is 0.828. The molecule has 0 bridgehead atoms. The van der Waals surface area contributed by atoms with Crippen LogP contribution in [0.2, 0.25) is 0 Å². The molecule has 1 nitrogen and oxygen atoms in total. The van der Waals surface area contributed by atoms with Crippen molar-refractivity contribution in [3.63, 3.8) is 0 Å². The van der Waals surface area contributed by atoms with Crippen LogP contribution in [0.25, 0.3) is 5.57 Å². The first-order chi connectivity index (χ1) is 9.49. The molecule has 0 spiro atoms. The summed E-state index contributed by atoms with van der Waals surface area (Å²) in [4.78, 5) is 0. The highest BCUT2D eigenvalue weighted by atomic mass is 79.9. The molecule has 2 aromatic rings. The minimum absolute atomic E-state index is 0.0640. The van der Waals surface area contributed by atoms with Crippen molar-refractivity contribution in [2.45, 2.75) is 6.61 Å². The summed E-state index contributed by atoms with van der Waals surface area (Å²) in [5, 5.41) is 0. The van der Waals surface area contributed by atoms with Crippen molar-refractivity contribution in [2.24, 2.45) is 0 Å². The van der Waals surface area contributed by atoms with Crippen LogP contribution in [0.15, 0.2) is 53.5 Å². The van der Waals surface area contributed by atoms with E-state index in [-0.39, 0.29) is 16.9 Å². The molecule has 0 saturated heterocycles. The van der Waals surface area contributed by atoms with E-state index in [4.69, 9.17) is 0 Å². The molecular weight excluding hydrogens is 333 g/mol. The molecule has 20 heavy (non-hydrogen) atoms. The average Bonchev–Trinajstić information content (AvgIpc) is 2.37. The van der Waals surface area contributed by atoms with E-state index >= 15 is 0 Å². The Balaban J connectivity index is 2.48. The molecule has 2 aromatic carbocycles. The molecule has 0 aliphatic heterocycles. The topological polar surface area (TPSA) is 9.23 Å². The minimum Gasteiger partial charge on any atom is -0.434 e. The second kappa shape index (κ2) is 6.13. The van der Waals surface area contributed by atoms with Gasteiger partial charge >= 0.3 is 6.61 Å². The van der Waals surface area contributed by atoms with Crippen molar-refractivity contribution in [1.82, 2.24) is 0 Å². The third-order valence-electron chi connectivity index (χ3n) is 2.67. The molecular formula is C15H10BrF3O. The van der Waals surface area contributed by atoms with Crippen LogP contribution in [-0.2, 0) is 0 Å². The largest absolute Gasteiger partial charge is 0.434 e. The van der Waals surface area contributed by atoms with Gasteiger partial charge in [0, 0.05) is 4.47 Å². The van der Waals surface area contributed by atoms with Crippen LogP contribution in [0, 0.1) is 5.82 Å². The molecule has 0 heterocycles. The maximum Gasteiger partial charge on any atom is 0.387 e. The number of alkyl halides is 2. The zero-order valence-electron chi connectivity index (χ0n) is 10.2. The maximum absolute atomic E-state index is 13.9. The third kappa shape index (κ3) is 3.22. The second-order valence-corrected chi connectivity index (χ2v) is 4.90. The Morgan fingerprint density at radius 1 is 1.15 bits per heavy atom. The van der Waals surface area contributed by atoms with Crippen LogP contribution in [0.5, 0.6) is 5.75 Å². The Bertz CT molecular complexity index is 641. The Kier molecular flexibility index (Phi) is 4.49. The van der Waals surface area contributed by atoms with Crippen molar-refractivity contribution >= 4 is 21.5 Å². The van der Waals surface area contributed by atoms with Gasteiger partial charge in [0.15, 0.2) is 0 Å². The Hall–Kier alpha value is -1.75. The normalized spacial score (nSPS) is 10.7. The monoisotopic (exact) mass is 342 g/mol. The van der Waals surface area contributed by atoms with Crippen LogP contribution in [0.1, 0.15) is 11.1 Å². The van der Waals surface area contributed by atoms with Gasteiger partial charge in [0.1, 0.15) is 11.6 Å². The highest BCUT2D eigenvalue weighted by Gasteiger charge is 2.17. The molecule has 0 fully saturated rings. The highest BCUT2D eigenvalue weighted by molar-refractivity contribution is 9.10. The summed E-state index contributed by atoms with van der Waals surface area (Å²) >= 11 is 3.29. The molecule has 0 amide bonds. The molecule has 0 saturated carbocycles. The minimum atomic E-state index is -3.02. The fourth-order valence-corrected chi connectivity index (χ4v) is 2.21. The van der Waals surface area contributed by atoms with Crippen LogP contribution in [-0.4, -0.2) is 6.61 Å². The average molecular weight is 343 g/mol. The van der Waals surface area contributed by atoms with Gasteiger partial charge in [-0.25, -0.2) is 4.39 Å². The smallest absolute Gasteiger partial charge is 0.387 e. The fraction of sp³-hybridized carbons (Fsp3) is 0.0667. The summed E-state index contributed by atoms with van der Waals surface area (Å²) in [6.45, 7) is 0.757. The lowest BCUT2D eigenvalue weighted by atomic mass is 9.98. The van der Waals surface area contributed by atoms with Crippen molar-refractivity contribution in [2.75, 3.05) is 0 Å². The molecule has 0 radical (unpaired) electrons. The van der Waals surface area contributed by atoms with Gasteiger partial charge < -0.3 is 4.74 Å². The molecule has 2 rings (SSSR count). The van der Waals surface area contributed by atoms with Crippen LogP contribution < -0.4 is 4.74 Å². The first-order valence-corrected chi connectivity index (χ1v) is 6.47. The number of rotatable bonds is 4. The predicted molar refractivity (Wildman–Crippen MR) is 75.3 cm³/mol. The Labute approximate surface area is 122 Å². The van der Waals surface area contributed by atoms with Gasteiger partial charge in [0.25, 0.3) is 0 Å². The van der Waals surface area contributed by atoms with Gasteiger partial charge in [-0.15, -0.1) is 0 Å². The summed E-state index contributed by atoms with van der Waals surface area (Å²) in [5.74, 6) is -0.891. The van der Waals surface area contributed by atoms with E-state index in [2.05, 4.69) is 27.2 Å². The number of benzene rings is 2. The first-order valence-electron chi connectivity index (χ1n) is 5.67. The van der Waals surface area contributed by atoms with Crippen molar-refractivity contribution in [3.8, 4) is 5.75 Å². The standard InChI is InChI=1S/C15H10BrF3O/c1-9(10-4-2-5-11(16)8-10)14-12(17)6-3-7-13(14)20-15(18)19/h2-8,15H,1H2. The van der Waals surface area contributed by atoms with Crippen molar-refractivity contribution in [1.29, 1.82) is 0 Å². The number of halogens is 4. The lowest BCUT2D eigenvalue weighted by Crippen LogP contribution is -2.05. The summed E-state index contributed by atoms with van der Waals surface area (Å²) in [6.07, 6.45) is 0. The van der Waals surface area contributed by atoms with Gasteiger partial charge in [0.05, 0.1) is 5.56 Å². The molecule has 0 unspecified atom stereocenters. The summed E-state index contributed by atoms with van der Waals surface area (Å²) in [7, 11) is 0. The van der Waals surface area contributed by atoms with Crippen molar-refractivity contribution < 1.29 is 17.9 Å². The maximum atomic E-state index is 13.9. The molecule has 0 N–H and O–H groups in total. The van der Waals surface area contributed by atoms with E-state index in [9.17, 15) is 13.2 Å². The van der Waals surface area contributed by atoms with Gasteiger partial charge in [-0.05, 0) is 35.4 Å². The Morgan fingerprint density at radius 2 is 1.85 bits per heavy atom. The summed E-state index contributed by atoms with van der Waals surface area (Å²) in [6, 6.07) is 10.8. The highest BCUT2D eigenvalue weighted by Crippen LogP contribution is 2.33. The van der Waals surface area contributed by atoms with Gasteiger partial charge in [0.2, 0.25) is 0 Å². The molecule has 0 atom stereocenters. The third-order valence-corrected chi connectivity index (χ3v) is 3.16. The quantitative estimate of drug-likeness (QED) is 0.737. The van der Waals surface area contributed by atoms with E-state index in [0.717, 1.165) is 4.47 Å². The Morgan fingerprint density at radius 3 is 2.50 bits per heavy atom. The van der Waals surface area contributed by atoms with E-state index < -0.39 is 12.4 Å². The molecule has 0 aliphatic rings. The van der Waals surface area contributed by atoms with Gasteiger partial charge in [-0.2, -0.15) is 8.78 Å². The number of hydrogen-bond donors (Lipinski definition) is 0. The molecule has 0 aromatic heterocycles. The second-order valence-electron chi connectivity index (χ2n) is 3.98. The molecule has 104 valence electrons. The summed E-state index contributed by atoms with van der Waals surface area (Å²) < 4.78 is 43.8. The van der Waals surface area contributed by atoms with Crippen LogP contribution >= 0.6 is 15.9 Å².